The molecule has 5 nitrogen and oxygen atoms in total. The van der Waals surface area contributed by atoms with E-state index in [2.05, 4.69) is 47.1 Å². The van der Waals surface area contributed by atoms with Crippen LogP contribution < -0.4 is 10.1 Å². The number of anilines is 1. The lowest BCUT2D eigenvalue weighted by Gasteiger charge is -2.06. The Bertz CT molecular complexity index is 588. The average Bonchev–Trinajstić information content (AvgIpc) is 2.81. The molecule has 94 valence electrons. The number of aromatic nitrogens is 2. The highest BCUT2D eigenvalue weighted by Gasteiger charge is 2.16. The maximum atomic E-state index is 12.0. The van der Waals surface area contributed by atoms with Gasteiger partial charge in [0.05, 0.1) is 13.3 Å². The summed E-state index contributed by atoms with van der Waals surface area (Å²) in [5, 5.41) is 4.45. The molecular weight excluding hydrogens is 386 g/mol. The van der Waals surface area contributed by atoms with Crippen LogP contribution in [0.2, 0.25) is 0 Å². The summed E-state index contributed by atoms with van der Waals surface area (Å²) in [5.41, 5.74) is 0. The topological polar surface area (TPSA) is 64.1 Å². The number of hydrogen-bond acceptors (Lipinski definition) is 5. The lowest BCUT2D eigenvalue weighted by atomic mass is 10.4. The molecule has 0 aliphatic rings. The van der Waals surface area contributed by atoms with Crippen LogP contribution >= 0.6 is 43.2 Å². The average molecular weight is 393 g/mol. The van der Waals surface area contributed by atoms with Gasteiger partial charge < -0.3 is 10.1 Å². The Morgan fingerprint density at radius 1 is 1.50 bits per heavy atom. The van der Waals surface area contributed by atoms with Crippen molar-refractivity contribution in [3.63, 3.8) is 0 Å². The molecule has 18 heavy (non-hydrogen) atoms. The number of halogens is 2. The third kappa shape index (κ3) is 2.88. The highest BCUT2D eigenvalue weighted by molar-refractivity contribution is 9.11. The summed E-state index contributed by atoms with van der Waals surface area (Å²) in [4.78, 5) is 20.6. The van der Waals surface area contributed by atoms with Crippen molar-refractivity contribution in [2.75, 3.05) is 12.4 Å². The zero-order valence-electron chi connectivity index (χ0n) is 9.11. The molecule has 1 amide bonds. The van der Waals surface area contributed by atoms with E-state index in [1.54, 1.807) is 11.4 Å². The molecule has 8 heteroatoms. The molecule has 2 rings (SSSR count). The van der Waals surface area contributed by atoms with E-state index in [-0.39, 0.29) is 5.91 Å². The third-order valence-corrected chi connectivity index (χ3v) is 3.82. The summed E-state index contributed by atoms with van der Waals surface area (Å²) >= 11 is 7.72. The van der Waals surface area contributed by atoms with Crippen LogP contribution in [0.1, 0.15) is 9.67 Å². The summed E-state index contributed by atoms with van der Waals surface area (Å²) < 4.78 is 6.13. The van der Waals surface area contributed by atoms with E-state index in [4.69, 9.17) is 4.74 Å². The molecule has 1 N–H and O–H groups in total. The number of carbonyl (C=O) groups is 1. The molecule has 0 aromatic carbocycles. The van der Waals surface area contributed by atoms with E-state index < -0.39 is 0 Å². The van der Waals surface area contributed by atoms with Crippen molar-refractivity contribution in [1.29, 1.82) is 0 Å². The smallest absolute Gasteiger partial charge is 0.270 e. The van der Waals surface area contributed by atoms with Gasteiger partial charge in [-0.2, -0.15) is 0 Å². The van der Waals surface area contributed by atoms with Crippen LogP contribution in [0.3, 0.4) is 0 Å². The van der Waals surface area contributed by atoms with E-state index in [0.29, 0.717) is 25.7 Å². The maximum Gasteiger partial charge on any atom is 0.270 e. The Balaban J connectivity index is 2.21. The van der Waals surface area contributed by atoms with E-state index in [0.717, 1.165) is 0 Å². The molecule has 0 radical (unpaired) electrons. The molecule has 0 spiro atoms. The maximum absolute atomic E-state index is 12.0. The lowest BCUT2D eigenvalue weighted by Crippen LogP contribution is -2.13. The van der Waals surface area contributed by atoms with Crippen LogP contribution in [0, 0.1) is 0 Å². The zero-order chi connectivity index (χ0) is 13.1. The Morgan fingerprint density at radius 2 is 2.28 bits per heavy atom. The molecule has 2 aromatic rings. The van der Waals surface area contributed by atoms with Crippen LogP contribution in [0.15, 0.2) is 26.8 Å². The molecule has 2 aromatic heterocycles. The molecular formula is C10H7Br2N3O2S. The minimum atomic E-state index is -0.279. The fraction of sp³-hybridized carbons (Fsp3) is 0.100. The number of hydrogen-bond donors (Lipinski definition) is 1. The van der Waals surface area contributed by atoms with Crippen LogP contribution in [-0.2, 0) is 0 Å². The van der Waals surface area contributed by atoms with Crippen molar-refractivity contribution >= 4 is 54.9 Å². The van der Waals surface area contributed by atoms with E-state index in [1.165, 1.54) is 24.6 Å². The fourth-order valence-electron chi connectivity index (χ4n) is 1.22. The van der Waals surface area contributed by atoms with Gasteiger partial charge in [0.15, 0.2) is 5.82 Å². The van der Waals surface area contributed by atoms with Crippen LogP contribution in [0.4, 0.5) is 5.82 Å². The van der Waals surface area contributed by atoms with Gasteiger partial charge in [0.1, 0.15) is 19.8 Å². The Hall–Kier alpha value is -0.990. The first-order valence-corrected chi connectivity index (χ1v) is 7.19. The number of thiophene rings is 1. The second-order valence-corrected chi connectivity index (χ2v) is 5.58. The Morgan fingerprint density at radius 3 is 2.94 bits per heavy atom. The number of nitrogens with one attached hydrogen (secondary N) is 1. The minimum absolute atomic E-state index is 0.279. The number of carbonyl (C=O) groups excluding carboxylic acids is 1. The number of rotatable bonds is 3. The molecule has 0 saturated carbocycles. The summed E-state index contributed by atoms with van der Waals surface area (Å²) in [6.45, 7) is 0. The first-order chi connectivity index (χ1) is 8.61. The second kappa shape index (κ2) is 5.77. The highest BCUT2D eigenvalue weighted by Crippen LogP contribution is 2.26. The lowest BCUT2D eigenvalue weighted by molar-refractivity contribution is 0.102. The van der Waals surface area contributed by atoms with Crippen molar-refractivity contribution in [3.8, 4) is 5.75 Å². The first kappa shape index (κ1) is 13.4. The summed E-state index contributed by atoms with van der Waals surface area (Å²) in [6.07, 6.45) is 1.51. The van der Waals surface area contributed by atoms with Gasteiger partial charge >= 0.3 is 0 Å². The molecule has 0 atom stereocenters. The summed E-state index contributed by atoms with van der Waals surface area (Å²) in [7, 11) is 1.52. The summed E-state index contributed by atoms with van der Waals surface area (Å²) in [5.74, 6) is 0.622. The quantitative estimate of drug-likeness (QED) is 0.870. The van der Waals surface area contributed by atoms with Crippen molar-refractivity contribution in [2.24, 2.45) is 0 Å². The molecule has 0 aliphatic heterocycles. The normalized spacial score (nSPS) is 10.2. The molecule has 0 unspecified atom stereocenters. The summed E-state index contributed by atoms with van der Waals surface area (Å²) in [6, 6.07) is 1.74. The molecule has 0 bridgehead atoms. The van der Waals surface area contributed by atoms with E-state index in [9.17, 15) is 4.79 Å². The fourth-order valence-corrected chi connectivity index (χ4v) is 2.88. The minimum Gasteiger partial charge on any atom is -0.495 e. The van der Waals surface area contributed by atoms with Crippen LogP contribution in [0.25, 0.3) is 0 Å². The van der Waals surface area contributed by atoms with E-state index >= 15 is 0 Å². The largest absolute Gasteiger partial charge is 0.495 e. The monoisotopic (exact) mass is 391 g/mol. The SMILES string of the molecule is COc1ccsc1C(=O)Nc1ncc(Br)nc1Br. The third-order valence-electron chi connectivity index (χ3n) is 1.99. The highest BCUT2D eigenvalue weighted by atomic mass is 79.9. The molecule has 0 fully saturated rings. The van der Waals surface area contributed by atoms with Gasteiger partial charge in [-0.05, 0) is 43.3 Å². The number of nitrogens with zero attached hydrogens (tertiary/aromatic N) is 2. The Labute approximate surface area is 124 Å². The van der Waals surface area contributed by atoms with Gasteiger partial charge in [-0.15, -0.1) is 11.3 Å². The van der Waals surface area contributed by atoms with Crippen molar-refractivity contribution in [2.45, 2.75) is 0 Å². The van der Waals surface area contributed by atoms with Gasteiger partial charge in [0.2, 0.25) is 0 Å². The van der Waals surface area contributed by atoms with Crippen molar-refractivity contribution in [3.05, 3.63) is 31.7 Å². The molecule has 0 aliphatic carbocycles. The van der Waals surface area contributed by atoms with Crippen molar-refractivity contribution < 1.29 is 9.53 Å². The van der Waals surface area contributed by atoms with E-state index in [1.807, 2.05) is 0 Å². The van der Waals surface area contributed by atoms with Gasteiger partial charge in [-0.3, -0.25) is 4.79 Å². The van der Waals surface area contributed by atoms with Gasteiger partial charge in [0.25, 0.3) is 5.91 Å². The second-order valence-electron chi connectivity index (χ2n) is 3.10. The molecule has 2 heterocycles. The van der Waals surface area contributed by atoms with Crippen LogP contribution in [-0.4, -0.2) is 23.0 Å². The zero-order valence-corrected chi connectivity index (χ0v) is 13.1. The predicted octanol–water partition coefficient (Wildman–Crippen LogP) is 3.32. The van der Waals surface area contributed by atoms with Crippen molar-refractivity contribution in [1.82, 2.24) is 9.97 Å². The molecule has 0 saturated heterocycles. The van der Waals surface area contributed by atoms with Gasteiger partial charge in [0, 0.05) is 0 Å². The number of ether oxygens (including phenoxy) is 1. The standard InChI is InChI=1S/C10H7Br2N3O2S/c1-17-5-2-3-18-7(5)10(16)15-9-8(12)14-6(11)4-13-9/h2-4H,1H3,(H,13,15,16). The number of methoxy groups -OCH3 is 1. The number of amides is 1. The van der Waals surface area contributed by atoms with Crippen LogP contribution in [0.5, 0.6) is 5.75 Å². The van der Waals surface area contributed by atoms with Gasteiger partial charge in [-0.25, -0.2) is 9.97 Å². The van der Waals surface area contributed by atoms with Gasteiger partial charge in [-0.1, -0.05) is 0 Å². The first-order valence-electron chi connectivity index (χ1n) is 4.72. The Kier molecular flexibility index (Phi) is 4.31. The predicted molar refractivity (Wildman–Crippen MR) is 76.3 cm³/mol.